The molecule has 0 aliphatic carbocycles. The maximum Gasteiger partial charge on any atom is 0.0795 e. The molecule has 1 N–H and O–H groups in total. The monoisotopic (exact) mass is 232 g/mol. The van der Waals surface area contributed by atoms with Crippen molar-refractivity contribution < 1.29 is 0 Å². The Morgan fingerprint density at radius 2 is 1.88 bits per heavy atom. The SMILES string of the molecule is Cc1cc(C)c(NCc2cscn2)c(C)c1. The van der Waals surface area contributed by atoms with E-state index in [0.29, 0.717) is 0 Å². The highest BCUT2D eigenvalue weighted by atomic mass is 32.1. The second-order valence-electron chi connectivity index (χ2n) is 4.11. The van der Waals surface area contributed by atoms with Crippen molar-refractivity contribution in [3.05, 3.63) is 45.4 Å². The number of benzene rings is 1. The van der Waals surface area contributed by atoms with Gasteiger partial charge in [-0.05, 0) is 31.9 Å². The number of thiazole rings is 1. The van der Waals surface area contributed by atoms with Gasteiger partial charge in [-0.1, -0.05) is 17.7 Å². The minimum Gasteiger partial charge on any atom is -0.379 e. The van der Waals surface area contributed by atoms with Crippen LogP contribution in [0.3, 0.4) is 0 Å². The van der Waals surface area contributed by atoms with E-state index in [1.54, 1.807) is 11.3 Å². The van der Waals surface area contributed by atoms with Gasteiger partial charge in [-0.15, -0.1) is 11.3 Å². The predicted octanol–water partition coefficient (Wildman–Crippen LogP) is 3.68. The van der Waals surface area contributed by atoms with E-state index in [0.717, 1.165) is 12.2 Å². The van der Waals surface area contributed by atoms with Gasteiger partial charge in [-0.2, -0.15) is 0 Å². The van der Waals surface area contributed by atoms with Crippen LogP contribution in [0.4, 0.5) is 5.69 Å². The van der Waals surface area contributed by atoms with Crippen molar-refractivity contribution in [2.75, 3.05) is 5.32 Å². The van der Waals surface area contributed by atoms with Crippen molar-refractivity contribution in [1.29, 1.82) is 0 Å². The lowest BCUT2D eigenvalue weighted by Gasteiger charge is -2.12. The molecule has 3 heteroatoms. The molecule has 0 atom stereocenters. The topological polar surface area (TPSA) is 24.9 Å². The summed E-state index contributed by atoms with van der Waals surface area (Å²) in [6.07, 6.45) is 0. The normalized spacial score (nSPS) is 10.4. The van der Waals surface area contributed by atoms with Crippen LogP contribution in [-0.2, 0) is 6.54 Å². The molecule has 1 aromatic heterocycles. The van der Waals surface area contributed by atoms with Crippen molar-refractivity contribution in [3.63, 3.8) is 0 Å². The second kappa shape index (κ2) is 4.66. The van der Waals surface area contributed by atoms with Crippen molar-refractivity contribution in [1.82, 2.24) is 4.98 Å². The third-order valence-electron chi connectivity index (χ3n) is 2.61. The second-order valence-corrected chi connectivity index (χ2v) is 4.83. The summed E-state index contributed by atoms with van der Waals surface area (Å²) in [5, 5.41) is 5.53. The number of rotatable bonds is 3. The molecule has 16 heavy (non-hydrogen) atoms. The molecule has 0 spiro atoms. The van der Waals surface area contributed by atoms with Gasteiger partial charge in [-0.25, -0.2) is 4.98 Å². The maximum atomic E-state index is 4.26. The van der Waals surface area contributed by atoms with Gasteiger partial charge in [-0.3, -0.25) is 0 Å². The molecule has 2 aromatic rings. The van der Waals surface area contributed by atoms with Gasteiger partial charge in [0, 0.05) is 11.1 Å². The van der Waals surface area contributed by atoms with Gasteiger partial charge in [0.05, 0.1) is 17.7 Å². The Balaban J connectivity index is 2.15. The number of aromatic nitrogens is 1. The van der Waals surface area contributed by atoms with Crippen molar-refractivity contribution >= 4 is 17.0 Å². The molecule has 84 valence electrons. The summed E-state index contributed by atoms with van der Waals surface area (Å²) in [6.45, 7) is 7.21. The van der Waals surface area contributed by atoms with Crippen LogP contribution in [0.5, 0.6) is 0 Å². The fourth-order valence-corrected chi connectivity index (χ4v) is 2.52. The fraction of sp³-hybridized carbons (Fsp3) is 0.308. The fourth-order valence-electron chi connectivity index (χ4n) is 1.96. The summed E-state index contributed by atoms with van der Waals surface area (Å²) in [5.41, 5.74) is 8.11. The molecular weight excluding hydrogens is 216 g/mol. The molecule has 1 aromatic carbocycles. The molecule has 0 saturated carbocycles. The van der Waals surface area contributed by atoms with Crippen molar-refractivity contribution in [2.24, 2.45) is 0 Å². The lowest BCUT2D eigenvalue weighted by molar-refractivity contribution is 1.06. The van der Waals surface area contributed by atoms with E-state index in [1.807, 2.05) is 5.51 Å². The maximum absolute atomic E-state index is 4.26. The van der Waals surface area contributed by atoms with E-state index in [-0.39, 0.29) is 0 Å². The first-order chi connectivity index (χ1) is 7.66. The van der Waals surface area contributed by atoms with Gasteiger partial charge < -0.3 is 5.32 Å². The van der Waals surface area contributed by atoms with Gasteiger partial charge in [0.1, 0.15) is 0 Å². The Morgan fingerprint density at radius 1 is 1.19 bits per heavy atom. The van der Waals surface area contributed by atoms with Gasteiger partial charge >= 0.3 is 0 Å². The molecule has 0 aliphatic rings. The highest BCUT2D eigenvalue weighted by Gasteiger charge is 2.03. The molecule has 0 bridgehead atoms. The lowest BCUT2D eigenvalue weighted by Crippen LogP contribution is -2.03. The number of aryl methyl sites for hydroxylation is 3. The van der Waals surface area contributed by atoms with E-state index in [9.17, 15) is 0 Å². The first kappa shape index (κ1) is 11.1. The Labute approximate surface area is 100 Å². The molecule has 0 aliphatic heterocycles. The van der Waals surface area contributed by atoms with Gasteiger partial charge in [0.25, 0.3) is 0 Å². The zero-order chi connectivity index (χ0) is 11.5. The summed E-state index contributed by atoms with van der Waals surface area (Å²) < 4.78 is 0. The third-order valence-corrected chi connectivity index (χ3v) is 3.24. The number of hydrogen-bond acceptors (Lipinski definition) is 3. The van der Waals surface area contributed by atoms with Crippen LogP contribution in [0.2, 0.25) is 0 Å². The summed E-state index contributed by atoms with van der Waals surface area (Å²) in [5.74, 6) is 0. The first-order valence-electron chi connectivity index (χ1n) is 5.35. The van der Waals surface area contributed by atoms with Crippen LogP contribution in [0, 0.1) is 20.8 Å². The van der Waals surface area contributed by atoms with Crippen LogP contribution in [-0.4, -0.2) is 4.98 Å². The van der Waals surface area contributed by atoms with Crippen LogP contribution < -0.4 is 5.32 Å². The Morgan fingerprint density at radius 3 is 2.44 bits per heavy atom. The van der Waals surface area contributed by atoms with E-state index in [2.05, 4.69) is 48.6 Å². The third kappa shape index (κ3) is 2.42. The van der Waals surface area contributed by atoms with Crippen LogP contribution in [0.25, 0.3) is 0 Å². The molecule has 1 heterocycles. The number of hydrogen-bond donors (Lipinski definition) is 1. The molecule has 0 amide bonds. The number of nitrogens with zero attached hydrogens (tertiary/aromatic N) is 1. The molecule has 0 saturated heterocycles. The van der Waals surface area contributed by atoms with Crippen LogP contribution in [0.15, 0.2) is 23.0 Å². The Kier molecular flexibility index (Phi) is 3.25. The van der Waals surface area contributed by atoms with Gasteiger partial charge in [0.2, 0.25) is 0 Å². The van der Waals surface area contributed by atoms with E-state index < -0.39 is 0 Å². The van der Waals surface area contributed by atoms with E-state index in [1.165, 1.54) is 22.4 Å². The van der Waals surface area contributed by atoms with E-state index >= 15 is 0 Å². The summed E-state index contributed by atoms with van der Waals surface area (Å²) in [7, 11) is 0. The molecule has 0 unspecified atom stereocenters. The zero-order valence-corrected chi connectivity index (χ0v) is 10.7. The molecule has 2 rings (SSSR count). The van der Waals surface area contributed by atoms with Crippen LogP contribution >= 0.6 is 11.3 Å². The number of anilines is 1. The highest BCUT2D eigenvalue weighted by Crippen LogP contribution is 2.22. The first-order valence-corrected chi connectivity index (χ1v) is 6.30. The molecule has 0 radical (unpaired) electrons. The average molecular weight is 232 g/mol. The largest absolute Gasteiger partial charge is 0.379 e. The summed E-state index contributed by atoms with van der Waals surface area (Å²) >= 11 is 1.63. The average Bonchev–Trinajstić information content (AvgIpc) is 2.68. The number of nitrogens with one attached hydrogen (secondary N) is 1. The zero-order valence-electron chi connectivity index (χ0n) is 9.87. The van der Waals surface area contributed by atoms with Gasteiger partial charge in [0.15, 0.2) is 0 Å². The minimum atomic E-state index is 0.800. The quantitative estimate of drug-likeness (QED) is 0.873. The predicted molar refractivity (Wildman–Crippen MR) is 70.1 cm³/mol. The summed E-state index contributed by atoms with van der Waals surface area (Å²) in [6, 6.07) is 4.41. The Hall–Kier alpha value is -1.35. The molecule has 0 fully saturated rings. The van der Waals surface area contributed by atoms with Crippen molar-refractivity contribution in [2.45, 2.75) is 27.3 Å². The Bertz CT molecular complexity index is 452. The smallest absolute Gasteiger partial charge is 0.0795 e. The van der Waals surface area contributed by atoms with Crippen molar-refractivity contribution in [3.8, 4) is 0 Å². The van der Waals surface area contributed by atoms with Crippen LogP contribution in [0.1, 0.15) is 22.4 Å². The highest BCUT2D eigenvalue weighted by molar-refractivity contribution is 7.07. The summed E-state index contributed by atoms with van der Waals surface area (Å²) in [4.78, 5) is 4.26. The van der Waals surface area contributed by atoms with E-state index in [4.69, 9.17) is 0 Å². The molecule has 2 nitrogen and oxygen atoms in total. The lowest BCUT2D eigenvalue weighted by atomic mass is 10.1. The molecular formula is C13H16N2S. The standard InChI is InChI=1S/C13H16N2S/c1-9-4-10(2)13(11(3)5-9)14-6-12-7-16-8-15-12/h4-5,7-8,14H,6H2,1-3H3. The minimum absolute atomic E-state index is 0.800.